The lowest BCUT2D eigenvalue weighted by molar-refractivity contribution is 0.580. The van der Waals surface area contributed by atoms with Crippen molar-refractivity contribution in [2.24, 2.45) is 0 Å². The van der Waals surface area contributed by atoms with Gasteiger partial charge < -0.3 is 4.40 Å². The Morgan fingerprint density at radius 3 is 2.71 bits per heavy atom. The summed E-state index contributed by atoms with van der Waals surface area (Å²) in [7, 11) is -3.50. The largest absolute Gasteiger partial charge is 0.307 e. The molecule has 2 heterocycles. The van der Waals surface area contributed by atoms with Crippen LogP contribution in [0.5, 0.6) is 0 Å². The van der Waals surface area contributed by atoms with Gasteiger partial charge in [0.05, 0.1) is 17.1 Å². The van der Waals surface area contributed by atoms with Crippen LogP contribution in [0.25, 0.3) is 5.65 Å². The number of rotatable bonds is 4. The number of imidazole rings is 1. The average Bonchev–Trinajstić information content (AvgIpc) is 2.88. The number of benzene rings is 1. The second-order valence-corrected chi connectivity index (χ2v) is 6.61. The minimum Gasteiger partial charge on any atom is -0.307 e. The summed E-state index contributed by atoms with van der Waals surface area (Å²) in [5.74, 6) is 0. The van der Waals surface area contributed by atoms with E-state index in [1.54, 1.807) is 30.3 Å². The standard InChI is InChI=1S/C15H15N3O2S/c1-12-7-8-18-11-13(17-15(18)9-12)10-16-21(19,20)14-5-3-2-4-6-14/h2-9,11,16H,10H2,1H3. The molecule has 0 aliphatic carbocycles. The second kappa shape index (κ2) is 5.31. The Morgan fingerprint density at radius 1 is 1.19 bits per heavy atom. The maximum Gasteiger partial charge on any atom is 0.240 e. The molecule has 3 aromatic rings. The van der Waals surface area contributed by atoms with E-state index in [2.05, 4.69) is 9.71 Å². The number of nitrogens with zero attached hydrogens (tertiary/aromatic N) is 2. The van der Waals surface area contributed by atoms with E-state index in [1.165, 1.54) is 0 Å². The number of hydrogen-bond donors (Lipinski definition) is 1. The Kier molecular flexibility index (Phi) is 3.48. The van der Waals surface area contributed by atoms with Crippen molar-refractivity contribution in [2.75, 3.05) is 0 Å². The summed E-state index contributed by atoms with van der Waals surface area (Å²) in [6.07, 6.45) is 3.73. The van der Waals surface area contributed by atoms with Gasteiger partial charge in [-0.3, -0.25) is 0 Å². The quantitative estimate of drug-likeness (QED) is 0.803. The van der Waals surface area contributed by atoms with Crippen LogP contribution >= 0.6 is 0 Å². The number of hydrogen-bond acceptors (Lipinski definition) is 3. The molecule has 0 atom stereocenters. The van der Waals surface area contributed by atoms with Crippen LogP contribution in [-0.2, 0) is 16.6 Å². The van der Waals surface area contributed by atoms with E-state index >= 15 is 0 Å². The van der Waals surface area contributed by atoms with Gasteiger partial charge >= 0.3 is 0 Å². The van der Waals surface area contributed by atoms with E-state index < -0.39 is 10.0 Å². The monoisotopic (exact) mass is 301 g/mol. The molecular formula is C15H15N3O2S. The maximum atomic E-state index is 12.1. The fraction of sp³-hybridized carbons (Fsp3) is 0.133. The highest BCUT2D eigenvalue weighted by atomic mass is 32.2. The molecule has 0 saturated heterocycles. The van der Waals surface area contributed by atoms with Gasteiger partial charge in [0.2, 0.25) is 10.0 Å². The summed E-state index contributed by atoms with van der Waals surface area (Å²) in [4.78, 5) is 4.66. The van der Waals surface area contributed by atoms with Crippen molar-refractivity contribution in [1.82, 2.24) is 14.1 Å². The van der Waals surface area contributed by atoms with E-state index in [-0.39, 0.29) is 11.4 Å². The minimum absolute atomic E-state index is 0.165. The second-order valence-electron chi connectivity index (χ2n) is 4.84. The zero-order valence-electron chi connectivity index (χ0n) is 11.5. The summed E-state index contributed by atoms with van der Waals surface area (Å²) in [6.45, 7) is 2.16. The van der Waals surface area contributed by atoms with Gasteiger partial charge in [-0.1, -0.05) is 18.2 Å². The van der Waals surface area contributed by atoms with Gasteiger partial charge in [-0.2, -0.15) is 0 Å². The molecule has 0 saturated carbocycles. The molecule has 21 heavy (non-hydrogen) atoms. The Labute approximate surface area is 123 Å². The topological polar surface area (TPSA) is 63.5 Å². The van der Waals surface area contributed by atoms with Crippen LogP contribution in [0.3, 0.4) is 0 Å². The molecule has 2 aromatic heterocycles. The van der Waals surface area contributed by atoms with Gasteiger partial charge in [0.15, 0.2) is 0 Å². The molecule has 0 amide bonds. The Bertz CT molecular complexity index is 870. The van der Waals surface area contributed by atoms with E-state index in [0.717, 1.165) is 11.2 Å². The summed E-state index contributed by atoms with van der Waals surface area (Å²) in [5, 5.41) is 0. The van der Waals surface area contributed by atoms with Gasteiger partial charge in [0.1, 0.15) is 5.65 Å². The van der Waals surface area contributed by atoms with Gasteiger partial charge in [-0.05, 0) is 36.8 Å². The molecule has 6 heteroatoms. The van der Waals surface area contributed by atoms with Crippen molar-refractivity contribution in [2.45, 2.75) is 18.4 Å². The maximum absolute atomic E-state index is 12.1. The summed E-state index contributed by atoms with van der Waals surface area (Å²) < 4.78 is 28.7. The molecule has 1 aromatic carbocycles. The molecule has 1 N–H and O–H groups in total. The first-order valence-electron chi connectivity index (χ1n) is 6.53. The van der Waals surface area contributed by atoms with Crippen molar-refractivity contribution in [3.05, 3.63) is 66.1 Å². The number of nitrogens with one attached hydrogen (secondary N) is 1. The van der Waals surface area contributed by atoms with E-state index in [1.807, 2.05) is 35.9 Å². The third-order valence-corrected chi connectivity index (χ3v) is 4.58. The number of aryl methyl sites for hydroxylation is 1. The van der Waals surface area contributed by atoms with Crippen molar-refractivity contribution in [1.29, 1.82) is 0 Å². The normalized spacial score (nSPS) is 11.9. The van der Waals surface area contributed by atoms with Gasteiger partial charge in [0.25, 0.3) is 0 Å². The lowest BCUT2D eigenvalue weighted by Gasteiger charge is -2.04. The Morgan fingerprint density at radius 2 is 1.95 bits per heavy atom. The van der Waals surface area contributed by atoms with Crippen LogP contribution in [0.1, 0.15) is 11.3 Å². The van der Waals surface area contributed by atoms with Crippen LogP contribution in [0, 0.1) is 6.92 Å². The highest BCUT2D eigenvalue weighted by Gasteiger charge is 2.13. The van der Waals surface area contributed by atoms with E-state index in [0.29, 0.717) is 5.69 Å². The van der Waals surface area contributed by atoms with Crippen LogP contribution in [0.15, 0.2) is 59.8 Å². The van der Waals surface area contributed by atoms with E-state index in [9.17, 15) is 8.42 Å². The van der Waals surface area contributed by atoms with Gasteiger partial charge in [-0.25, -0.2) is 18.1 Å². The van der Waals surface area contributed by atoms with Gasteiger partial charge in [0, 0.05) is 12.4 Å². The first-order chi connectivity index (χ1) is 10.0. The third-order valence-electron chi connectivity index (χ3n) is 3.16. The molecule has 5 nitrogen and oxygen atoms in total. The molecule has 3 rings (SSSR count). The van der Waals surface area contributed by atoms with Crippen LogP contribution in [0.4, 0.5) is 0 Å². The van der Waals surface area contributed by atoms with Crippen LogP contribution < -0.4 is 4.72 Å². The zero-order valence-corrected chi connectivity index (χ0v) is 12.3. The molecule has 0 spiro atoms. The number of aromatic nitrogens is 2. The first kappa shape index (κ1) is 13.8. The third kappa shape index (κ3) is 2.96. The molecule has 0 bridgehead atoms. The van der Waals surface area contributed by atoms with Crippen molar-refractivity contribution in [3.8, 4) is 0 Å². The number of sulfonamides is 1. The number of fused-ring (bicyclic) bond motifs is 1. The van der Waals surface area contributed by atoms with Crippen molar-refractivity contribution >= 4 is 15.7 Å². The molecule has 0 unspecified atom stereocenters. The fourth-order valence-corrected chi connectivity index (χ4v) is 3.09. The summed E-state index contributed by atoms with van der Waals surface area (Å²) in [5.41, 5.74) is 2.61. The summed E-state index contributed by atoms with van der Waals surface area (Å²) in [6, 6.07) is 12.2. The van der Waals surface area contributed by atoms with Crippen LogP contribution in [0.2, 0.25) is 0 Å². The first-order valence-corrected chi connectivity index (χ1v) is 8.02. The molecule has 0 aliphatic rings. The predicted octanol–water partition coefficient (Wildman–Crippen LogP) is 2.12. The predicted molar refractivity (Wildman–Crippen MR) is 80.4 cm³/mol. The highest BCUT2D eigenvalue weighted by molar-refractivity contribution is 7.89. The SMILES string of the molecule is Cc1ccn2cc(CNS(=O)(=O)c3ccccc3)nc2c1. The molecule has 108 valence electrons. The highest BCUT2D eigenvalue weighted by Crippen LogP contribution is 2.10. The summed E-state index contributed by atoms with van der Waals surface area (Å²) >= 11 is 0. The van der Waals surface area contributed by atoms with Gasteiger partial charge in [-0.15, -0.1) is 0 Å². The Hall–Kier alpha value is -2.18. The molecule has 0 fully saturated rings. The fourth-order valence-electron chi connectivity index (χ4n) is 2.07. The van der Waals surface area contributed by atoms with E-state index in [4.69, 9.17) is 0 Å². The lowest BCUT2D eigenvalue weighted by atomic mass is 10.3. The zero-order chi connectivity index (χ0) is 14.9. The minimum atomic E-state index is -3.50. The number of pyridine rings is 1. The van der Waals surface area contributed by atoms with Crippen molar-refractivity contribution < 1.29 is 8.42 Å². The smallest absolute Gasteiger partial charge is 0.240 e. The average molecular weight is 301 g/mol. The van der Waals surface area contributed by atoms with Crippen molar-refractivity contribution in [3.63, 3.8) is 0 Å². The van der Waals surface area contributed by atoms with Crippen LogP contribution in [-0.4, -0.2) is 17.8 Å². The lowest BCUT2D eigenvalue weighted by Crippen LogP contribution is -2.23. The molecule has 0 radical (unpaired) electrons. The Balaban J connectivity index is 1.80. The molecule has 0 aliphatic heterocycles. The molecular weight excluding hydrogens is 286 g/mol.